The van der Waals surface area contributed by atoms with E-state index in [4.69, 9.17) is 15.2 Å². The van der Waals surface area contributed by atoms with Crippen molar-refractivity contribution in [3.63, 3.8) is 0 Å². The van der Waals surface area contributed by atoms with Gasteiger partial charge in [-0.25, -0.2) is 13.2 Å². The van der Waals surface area contributed by atoms with Crippen LogP contribution in [0, 0.1) is 29.1 Å². The minimum Gasteiger partial charge on any atom is -0.420 e. The minimum absolute atomic E-state index is 0.135. The van der Waals surface area contributed by atoms with Crippen molar-refractivity contribution in [2.75, 3.05) is 33.0 Å². The maximum atomic E-state index is 13.3. The summed E-state index contributed by atoms with van der Waals surface area (Å²) < 4.78 is 79.3. The number of rotatable bonds is 9. The molecule has 0 saturated carbocycles. The van der Waals surface area contributed by atoms with Crippen LogP contribution in [0.4, 0.5) is 22.0 Å². The normalized spacial score (nSPS) is 10.9. The van der Waals surface area contributed by atoms with E-state index in [0.717, 1.165) is 0 Å². The molecule has 0 aromatic heterocycles. The zero-order chi connectivity index (χ0) is 17.4. The predicted octanol–water partition coefficient (Wildman–Crippen LogP) is 1.67. The van der Waals surface area contributed by atoms with Crippen LogP contribution in [-0.2, 0) is 14.3 Å². The molecule has 0 fully saturated rings. The van der Waals surface area contributed by atoms with E-state index in [-0.39, 0.29) is 19.8 Å². The first-order chi connectivity index (χ1) is 10.9. The van der Waals surface area contributed by atoms with Gasteiger partial charge in [0.05, 0.1) is 32.8 Å². The van der Waals surface area contributed by atoms with Crippen LogP contribution < -0.4 is 10.5 Å². The quantitative estimate of drug-likeness (QED) is 0.184. The van der Waals surface area contributed by atoms with Crippen LogP contribution in [0.2, 0.25) is 0 Å². The standard InChI is InChI=1S/C13H14F5NO4/c14-8-9(15)11(17)13(12(18)10(8)16)23-7(20)1-3-21-5-6-22-4-2-19/h1-6,19H2. The number of esters is 1. The molecule has 130 valence electrons. The van der Waals surface area contributed by atoms with Gasteiger partial charge >= 0.3 is 5.97 Å². The lowest BCUT2D eigenvalue weighted by atomic mass is 10.2. The largest absolute Gasteiger partial charge is 0.420 e. The second kappa shape index (κ2) is 9.38. The summed E-state index contributed by atoms with van der Waals surface area (Å²) in [5, 5.41) is 0. The highest BCUT2D eigenvalue weighted by atomic mass is 19.2. The second-order valence-corrected chi connectivity index (χ2v) is 4.14. The van der Waals surface area contributed by atoms with Gasteiger partial charge in [0.2, 0.25) is 34.8 Å². The number of nitrogens with two attached hydrogens (primary N) is 1. The lowest BCUT2D eigenvalue weighted by Gasteiger charge is -2.09. The van der Waals surface area contributed by atoms with Gasteiger partial charge in [-0.3, -0.25) is 4.79 Å². The lowest BCUT2D eigenvalue weighted by molar-refractivity contribution is -0.136. The molecule has 0 bridgehead atoms. The lowest BCUT2D eigenvalue weighted by Crippen LogP contribution is -2.16. The van der Waals surface area contributed by atoms with E-state index < -0.39 is 47.2 Å². The first-order valence-electron chi connectivity index (χ1n) is 6.47. The molecule has 1 rings (SSSR count). The second-order valence-electron chi connectivity index (χ2n) is 4.14. The Morgan fingerprint density at radius 1 is 0.783 bits per heavy atom. The highest BCUT2D eigenvalue weighted by Crippen LogP contribution is 2.29. The van der Waals surface area contributed by atoms with E-state index in [1.54, 1.807) is 0 Å². The monoisotopic (exact) mass is 343 g/mol. The number of carbonyl (C=O) groups is 1. The molecule has 1 aromatic rings. The van der Waals surface area contributed by atoms with Crippen LogP contribution in [0.15, 0.2) is 0 Å². The summed E-state index contributed by atoms with van der Waals surface area (Å²) in [6, 6.07) is 0. The van der Waals surface area contributed by atoms with E-state index in [1.807, 2.05) is 0 Å². The fourth-order valence-electron chi connectivity index (χ4n) is 1.40. The number of halogens is 5. The van der Waals surface area contributed by atoms with E-state index in [9.17, 15) is 26.7 Å². The molecule has 0 aliphatic heterocycles. The third-order valence-electron chi connectivity index (χ3n) is 2.47. The molecule has 0 saturated heterocycles. The van der Waals surface area contributed by atoms with Crippen molar-refractivity contribution in [3.05, 3.63) is 29.1 Å². The topological polar surface area (TPSA) is 70.8 Å². The molecule has 0 atom stereocenters. The van der Waals surface area contributed by atoms with E-state index >= 15 is 0 Å². The highest BCUT2D eigenvalue weighted by molar-refractivity contribution is 5.72. The van der Waals surface area contributed by atoms with Crippen LogP contribution in [0.1, 0.15) is 6.42 Å². The van der Waals surface area contributed by atoms with Gasteiger partial charge in [0.1, 0.15) is 0 Å². The fourth-order valence-corrected chi connectivity index (χ4v) is 1.40. The summed E-state index contributed by atoms with van der Waals surface area (Å²) in [5.74, 6) is -14.0. The predicted molar refractivity (Wildman–Crippen MR) is 67.2 cm³/mol. The van der Waals surface area contributed by atoms with Crippen molar-refractivity contribution >= 4 is 5.97 Å². The van der Waals surface area contributed by atoms with Gasteiger partial charge < -0.3 is 19.9 Å². The van der Waals surface area contributed by atoms with E-state index in [2.05, 4.69) is 4.74 Å². The number of hydrogen-bond donors (Lipinski definition) is 1. The van der Waals surface area contributed by atoms with E-state index in [0.29, 0.717) is 13.2 Å². The molecule has 0 aliphatic carbocycles. The van der Waals surface area contributed by atoms with Crippen molar-refractivity contribution in [2.24, 2.45) is 5.73 Å². The zero-order valence-corrected chi connectivity index (χ0v) is 11.8. The van der Waals surface area contributed by atoms with Crippen molar-refractivity contribution in [1.82, 2.24) is 0 Å². The van der Waals surface area contributed by atoms with Gasteiger partial charge in [-0.1, -0.05) is 0 Å². The first kappa shape index (κ1) is 19.3. The van der Waals surface area contributed by atoms with Gasteiger partial charge in [0, 0.05) is 6.54 Å². The van der Waals surface area contributed by atoms with Crippen LogP contribution >= 0.6 is 0 Å². The van der Waals surface area contributed by atoms with Crippen molar-refractivity contribution < 1.29 is 41.0 Å². The Morgan fingerprint density at radius 3 is 1.78 bits per heavy atom. The molecule has 2 N–H and O–H groups in total. The Hall–Kier alpha value is -1.78. The van der Waals surface area contributed by atoms with Crippen molar-refractivity contribution in [2.45, 2.75) is 6.42 Å². The molecule has 0 spiro atoms. The Labute approximate surface area is 128 Å². The summed E-state index contributed by atoms with van der Waals surface area (Å²) in [5.41, 5.74) is 5.17. The third kappa shape index (κ3) is 5.41. The molecule has 0 aliphatic rings. The molecule has 10 heteroatoms. The average molecular weight is 343 g/mol. The fraction of sp³-hybridized carbons (Fsp3) is 0.462. The van der Waals surface area contributed by atoms with Crippen molar-refractivity contribution in [3.8, 4) is 5.75 Å². The zero-order valence-electron chi connectivity index (χ0n) is 11.8. The van der Waals surface area contributed by atoms with Crippen LogP contribution in [-0.4, -0.2) is 38.9 Å². The van der Waals surface area contributed by atoms with Gasteiger partial charge in [-0.05, 0) is 0 Å². The highest BCUT2D eigenvalue weighted by Gasteiger charge is 2.28. The number of benzene rings is 1. The third-order valence-corrected chi connectivity index (χ3v) is 2.47. The molecule has 23 heavy (non-hydrogen) atoms. The van der Waals surface area contributed by atoms with Gasteiger partial charge in [-0.15, -0.1) is 0 Å². The van der Waals surface area contributed by atoms with Crippen LogP contribution in [0.5, 0.6) is 5.75 Å². The number of hydrogen-bond acceptors (Lipinski definition) is 5. The molecule has 0 radical (unpaired) electrons. The maximum Gasteiger partial charge on any atom is 0.313 e. The Bertz CT molecular complexity index is 527. The molecule has 1 aromatic carbocycles. The Balaban J connectivity index is 2.49. The summed E-state index contributed by atoms with van der Waals surface area (Å²) in [4.78, 5) is 11.3. The summed E-state index contributed by atoms with van der Waals surface area (Å²) >= 11 is 0. The molecular weight excluding hydrogens is 329 g/mol. The first-order valence-corrected chi connectivity index (χ1v) is 6.47. The molecule has 0 amide bonds. The smallest absolute Gasteiger partial charge is 0.313 e. The minimum atomic E-state index is -2.33. The summed E-state index contributed by atoms with van der Waals surface area (Å²) in [6.45, 7) is 0.861. The SMILES string of the molecule is NCCOCCOCCC(=O)Oc1c(F)c(F)c(F)c(F)c1F. The van der Waals surface area contributed by atoms with E-state index in [1.165, 1.54) is 0 Å². The Morgan fingerprint density at radius 2 is 1.26 bits per heavy atom. The molecule has 0 heterocycles. The average Bonchev–Trinajstić information content (AvgIpc) is 2.54. The summed E-state index contributed by atoms with van der Waals surface area (Å²) in [7, 11) is 0. The van der Waals surface area contributed by atoms with Crippen molar-refractivity contribution in [1.29, 1.82) is 0 Å². The van der Waals surface area contributed by atoms with Crippen LogP contribution in [0.3, 0.4) is 0 Å². The maximum absolute atomic E-state index is 13.3. The Kier molecular flexibility index (Phi) is 7.86. The molecule has 5 nitrogen and oxygen atoms in total. The summed E-state index contributed by atoms with van der Waals surface area (Å²) in [6.07, 6.45) is -0.448. The van der Waals surface area contributed by atoms with Gasteiger partial charge in [0.25, 0.3) is 0 Å². The van der Waals surface area contributed by atoms with Gasteiger partial charge in [0.15, 0.2) is 0 Å². The van der Waals surface area contributed by atoms with Gasteiger partial charge in [-0.2, -0.15) is 8.78 Å². The van der Waals surface area contributed by atoms with Crippen LogP contribution in [0.25, 0.3) is 0 Å². The number of ether oxygens (including phenoxy) is 3. The number of carbonyl (C=O) groups excluding carboxylic acids is 1. The molecule has 0 unspecified atom stereocenters. The molecular formula is C13H14F5NO4.